The van der Waals surface area contributed by atoms with Gasteiger partial charge in [-0.3, -0.25) is 4.90 Å². The lowest BCUT2D eigenvalue weighted by Gasteiger charge is -2.23. The molecule has 0 unspecified atom stereocenters. The molecule has 2 amide bonds. The standard InChI is InChI=1S/C10H9Cl2N3O/c11-8-3-1-7(2-4-8)5-15-6-13-9(12)14-10(15)16/h1-4,6,9H,5H2,(H,14,16)/t9-/m0/s1. The number of hydrogen-bond acceptors (Lipinski definition) is 2. The van der Waals surface area contributed by atoms with E-state index in [4.69, 9.17) is 23.2 Å². The minimum atomic E-state index is -0.672. The lowest BCUT2D eigenvalue weighted by atomic mass is 10.2. The lowest BCUT2D eigenvalue weighted by Crippen LogP contribution is -2.45. The third-order valence-electron chi connectivity index (χ3n) is 2.11. The third-order valence-corrected chi connectivity index (χ3v) is 2.58. The molecule has 1 heterocycles. The van der Waals surface area contributed by atoms with Crippen molar-refractivity contribution in [1.29, 1.82) is 0 Å². The number of benzene rings is 1. The minimum Gasteiger partial charge on any atom is -0.303 e. The summed E-state index contributed by atoms with van der Waals surface area (Å²) >= 11 is 11.4. The van der Waals surface area contributed by atoms with Crippen molar-refractivity contribution in [2.75, 3.05) is 0 Å². The number of nitrogens with zero attached hydrogens (tertiary/aromatic N) is 2. The van der Waals surface area contributed by atoms with Gasteiger partial charge in [0.25, 0.3) is 0 Å². The van der Waals surface area contributed by atoms with E-state index in [1.165, 1.54) is 11.2 Å². The summed E-state index contributed by atoms with van der Waals surface area (Å²) in [6, 6.07) is 7.01. The fraction of sp³-hybridized carbons (Fsp3) is 0.200. The van der Waals surface area contributed by atoms with Crippen LogP contribution >= 0.6 is 23.2 Å². The highest BCUT2D eigenvalue weighted by molar-refractivity contribution is 6.30. The molecule has 1 atom stereocenters. The summed E-state index contributed by atoms with van der Waals surface area (Å²) in [6.07, 6.45) is 1.44. The van der Waals surface area contributed by atoms with E-state index in [2.05, 4.69) is 10.3 Å². The number of rotatable bonds is 2. The predicted octanol–water partition coefficient (Wildman–Crippen LogP) is 2.42. The van der Waals surface area contributed by atoms with Crippen LogP contribution in [0.1, 0.15) is 5.56 Å². The molecule has 1 aromatic rings. The Morgan fingerprint density at radius 2 is 2.06 bits per heavy atom. The molecular weight excluding hydrogens is 249 g/mol. The number of nitrogens with one attached hydrogen (secondary N) is 1. The highest BCUT2D eigenvalue weighted by Crippen LogP contribution is 2.12. The SMILES string of the molecule is O=C1N[C@@H](Cl)N=CN1Cc1ccc(Cl)cc1. The van der Waals surface area contributed by atoms with E-state index in [1.807, 2.05) is 12.1 Å². The van der Waals surface area contributed by atoms with Gasteiger partial charge in [0, 0.05) is 5.02 Å². The van der Waals surface area contributed by atoms with E-state index >= 15 is 0 Å². The molecule has 0 aromatic heterocycles. The van der Waals surface area contributed by atoms with Gasteiger partial charge in [-0.15, -0.1) is 0 Å². The zero-order valence-electron chi connectivity index (χ0n) is 8.23. The molecule has 0 aliphatic carbocycles. The number of alkyl halides is 1. The normalized spacial score (nSPS) is 19.8. The second-order valence-corrected chi connectivity index (χ2v) is 4.15. The molecule has 4 nitrogen and oxygen atoms in total. The average Bonchev–Trinajstić information content (AvgIpc) is 2.25. The molecule has 0 spiro atoms. The van der Waals surface area contributed by atoms with E-state index in [0.717, 1.165) is 5.56 Å². The maximum Gasteiger partial charge on any atom is 0.325 e. The Hall–Kier alpha value is -1.26. The van der Waals surface area contributed by atoms with Gasteiger partial charge in [0.1, 0.15) is 0 Å². The molecule has 6 heteroatoms. The molecule has 0 bridgehead atoms. The van der Waals surface area contributed by atoms with Gasteiger partial charge in [0.05, 0.1) is 12.9 Å². The summed E-state index contributed by atoms with van der Waals surface area (Å²) in [7, 11) is 0. The number of carbonyl (C=O) groups is 1. The molecule has 84 valence electrons. The van der Waals surface area contributed by atoms with Crippen LogP contribution in [0.2, 0.25) is 5.02 Å². The molecule has 0 saturated heterocycles. The van der Waals surface area contributed by atoms with Gasteiger partial charge in [0.2, 0.25) is 5.62 Å². The monoisotopic (exact) mass is 257 g/mol. The molecule has 0 saturated carbocycles. The Morgan fingerprint density at radius 3 is 2.69 bits per heavy atom. The summed E-state index contributed by atoms with van der Waals surface area (Å²) in [5.41, 5.74) is 0.299. The summed E-state index contributed by atoms with van der Waals surface area (Å²) < 4.78 is 0. The van der Waals surface area contributed by atoms with Crippen LogP contribution in [-0.4, -0.2) is 22.9 Å². The smallest absolute Gasteiger partial charge is 0.303 e. The second-order valence-electron chi connectivity index (χ2n) is 3.30. The van der Waals surface area contributed by atoms with Crippen molar-refractivity contribution in [3.63, 3.8) is 0 Å². The van der Waals surface area contributed by atoms with E-state index in [9.17, 15) is 4.79 Å². The van der Waals surface area contributed by atoms with Gasteiger partial charge in [-0.25, -0.2) is 9.79 Å². The zero-order chi connectivity index (χ0) is 11.5. The highest BCUT2D eigenvalue weighted by Gasteiger charge is 2.19. The molecule has 2 rings (SSSR count). The van der Waals surface area contributed by atoms with Crippen LogP contribution in [0.5, 0.6) is 0 Å². The Balaban J connectivity index is 2.07. The lowest BCUT2D eigenvalue weighted by molar-refractivity contribution is 0.217. The van der Waals surface area contributed by atoms with Gasteiger partial charge >= 0.3 is 6.03 Å². The van der Waals surface area contributed by atoms with E-state index in [0.29, 0.717) is 11.6 Å². The molecule has 1 aliphatic rings. The molecule has 16 heavy (non-hydrogen) atoms. The van der Waals surface area contributed by atoms with Crippen molar-refractivity contribution >= 4 is 35.6 Å². The van der Waals surface area contributed by atoms with Crippen LogP contribution in [0, 0.1) is 0 Å². The molecule has 0 fully saturated rings. The largest absolute Gasteiger partial charge is 0.325 e. The minimum absolute atomic E-state index is 0.259. The molecule has 0 radical (unpaired) electrons. The topological polar surface area (TPSA) is 44.7 Å². The summed E-state index contributed by atoms with van der Waals surface area (Å²) in [4.78, 5) is 16.8. The van der Waals surface area contributed by atoms with Gasteiger partial charge < -0.3 is 5.32 Å². The molecular formula is C10H9Cl2N3O. The molecule has 1 aromatic carbocycles. The average molecular weight is 258 g/mol. The number of urea groups is 1. The van der Waals surface area contributed by atoms with Gasteiger partial charge in [-0.2, -0.15) is 0 Å². The first-order chi connectivity index (χ1) is 7.65. The number of carbonyl (C=O) groups excluding carboxylic acids is 1. The van der Waals surface area contributed by atoms with Gasteiger partial charge in [-0.1, -0.05) is 35.3 Å². The first kappa shape index (κ1) is 11.2. The van der Waals surface area contributed by atoms with E-state index in [-0.39, 0.29) is 6.03 Å². The zero-order valence-corrected chi connectivity index (χ0v) is 9.74. The van der Waals surface area contributed by atoms with Crippen LogP contribution in [-0.2, 0) is 6.54 Å². The Kier molecular flexibility index (Phi) is 3.31. The van der Waals surface area contributed by atoms with Crippen molar-refractivity contribution in [2.24, 2.45) is 4.99 Å². The first-order valence-corrected chi connectivity index (χ1v) is 5.45. The Morgan fingerprint density at radius 1 is 1.38 bits per heavy atom. The fourth-order valence-electron chi connectivity index (χ4n) is 1.31. The van der Waals surface area contributed by atoms with Crippen LogP contribution < -0.4 is 5.32 Å². The molecule has 1 aliphatic heterocycles. The fourth-order valence-corrected chi connectivity index (χ4v) is 1.58. The van der Waals surface area contributed by atoms with E-state index in [1.54, 1.807) is 12.1 Å². The van der Waals surface area contributed by atoms with E-state index < -0.39 is 5.62 Å². The van der Waals surface area contributed by atoms with Crippen molar-refractivity contribution < 1.29 is 4.79 Å². The van der Waals surface area contributed by atoms with Crippen LogP contribution in [0.3, 0.4) is 0 Å². The number of hydrogen-bond donors (Lipinski definition) is 1. The maximum absolute atomic E-state index is 11.5. The van der Waals surface area contributed by atoms with Crippen molar-refractivity contribution in [2.45, 2.75) is 12.2 Å². The molecule has 1 N–H and O–H groups in total. The summed E-state index contributed by atoms with van der Waals surface area (Å²) in [6.45, 7) is 0.441. The van der Waals surface area contributed by atoms with Crippen LogP contribution in [0.4, 0.5) is 4.79 Å². The summed E-state index contributed by atoms with van der Waals surface area (Å²) in [5.74, 6) is 0. The van der Waals surface area contributed by atoms with Crippen LogP contribution in [0.15, 0.2) is 29.3 Å². The maximum atomic E-state index is 11.5. The number of amides is 2. The van der Waals surface area contributed by atoms with Crippen molar-refractivity contribution in [3.8, 4) is 0 Å². The van der Waals surface area contributed by atoms with Crippen molar-refractivity contribution in [1.82, 2.24) is 10.2 Å². The first-order valence-electron chi connectivity index (χ1n) is 4.64. The van der Waals surface area contributed by atoms with Gasteiger partial charge in [-0.05, 0) is 17.7 Å². The second kappa shape index (κ2) is 4.72. The number of halogens is 2. The third kappa shape index (κ3) is 2.65. The number of aliphatic imine (C=N–C) groups is 1. The Bertz CT molecular complexity index is 419. The predicted molar refractivity (Wildman–Crippen MR) is 63.7 cm³/mol. The van der Waals surface area contributed by atoms with Crippen molar-refractivity contribution in [3.05, 3.63) is 34.9 Å². The Labute approximate surface area is 103 Å². The summed E-state index contributed by atoms with van der Waals surface area (Å²) in [5, 5.41) is 3.16. The highest BCUT2D eigenvalue weighted by atomic mass is 35.5. The van der Waals surface area contributed by atoms with Gasteiger partial charge in [0.15, 0.2) is 0 Å². The quantitative estimate of drug-likeness (QED) is 0.642. The van der Waals surface area contributed by atoms with Crippen LogP contribution in [0.25, 0.3) is 0 Å².